The number of amides is 2. The zero-order valence-corrected chi connectivity index (χ0v) is 15.5. The Morgan fingerprint density at radius 1 is 1.04 bits per heavy atom. The van der Waals surface area contributed by atoms with E-state index in [1.54, 1.807) is 24.3 Å². The lowest BCUT2D eigenvalue weighted by Gasteiger charge is -2.18. The number of carbonyl (C=O) groups excluding carboxylic acids is 2. The first kappa shape index (κ1) is 21.3. The molecule has 0 saturated heterocycles. The number of hydrogen-bond donors (Lipinski definition) is 2. The van der Waals surface area contributed by atoms with Crippen LogP contribution in [-0.4, -0.2) is 18.9 Å². The minimum absolute atomic E-state index is 0.00740. The minimum Gasteiger partial charge on any atom is -0.497 e. The third-order valence-electron chi connectivity index (χ3n) is 4.06. The highest BCUT2D eigenvalue weighted by atomic mass is 19.4. The number of hydrogen-bond acceptors (Lipinski definition) is 3. The van der Waals surface area contributed by atoms with Gasteiger partial charge in [-0.15, -0.1) is 0 Å². The van der Waals surface area contributed by atoms with E-state index in [-0.39, 0.29) is 24.8 Å². The predicted octanol–water partition coefficient (Wildman–Crippen LogP) is 3.60. The second-order valence-corrected chi connectivity index (χ2v) is 6.20. The molecule has 2 rings (SSSR count). The molecular weight excluding hydrogens is 373 g/mol. The predicted molar refractivity (Wildman–Crippen MR) is 97.5 cm³/mol. The Morgan fingerprint density at radius 2 is 1.64 bits per heavy atom. The second-order valence-electron chi connectivity index (χ2n) is 6.20. The molecule has 0 aliphatic rings. The van der Waals surface area contributed by atoms with E-state index >= 15 is 0 Å². The van der Waals surface area contributed by atoms with E-state index in [1.165, 1.54) is 26.2 Å². The highest BCUT2D eigenvalue weighted by molar-refractivity contribution is 5.79. The first-order valence-electron chi connectivity index (χ1n) is 8.53. The Morgan fingerprint density at radius 3 is 2.14 bits per heavy atom. The van der Waals surface area contributed by atoms with Gasteiger partial charge in [0.15, 0.2) is 0 Å². The van der Waals surface area contributed by atoms with Crippen molar-refractivity contribution in [2.45, 2.75) is 32.1 Å². The molecular formula is C20H21F3N2O3. The Balaban J connectivity index is 1.98. The molecule has 28 heavy (non-hydrogen) atoms. The van der Waals surface area contributed by atoms with E-state index in [9.17, 15) is 22.8 Å². The van der Waals surface area contributed by atoms with Crippen LogP contribution in [-0.2, 0) is 22.3 Å². The Kier molecular flexibility index (Phi) is 7.03. The smallest absolute Gasteiger partial charge is 0.416 e. The van der Waals surface area contributed by atoms with Crippen LogP contribution in [0, 0.1) is 0 Å². The van der Waals surface area contributed by atoms with Gasteiger partial charge in [0.05, 0.1) is 25.1 Å². The van der Waals surface area contributed by atoms with Crippen LogP contribution in [0.3, 0.4) is 0 Å². The fraction of sp³-hybridized carbons (Fsp3) is 0.300. The average molecular weight is 394 g/mol. The third kappa shape index (κ3) is 6.29. The summed E-state index contributed by atoms with van der Waals surface area (Å²) in [4.78, 5) is 23.7. The highest BCUT2D eigenvalue weighted by Crippen LogP contribution is 2.29. The van der Waals surface area contributed by atoms with Gasteiger partial charge in [-0.25, -0.2) is 0 Å². The van der Waals surface area contributed by atoms with Crippen LogP contribution in [0.25, 0.3) is 0 Å². The molecule has 1 unspecified atom stereocenters. The number of nitrogens with one attached hydrogen (secondary N) is 2. The molecule has 0 radical (unpaired) electrons. The molecule has 0 bridgehead atoms. The molecule has 2 aromatic rings. The fourth-order valence-electron chi connectivity index (χ4n) is 2.60. The second kappa shape index (κ2) is 9.25. The van der Waals surface area contributed by atoms with E-state index in [1.807, 2.05) is 0 Å². The van der Waals surface area contributed by atoms with Crippen molar-refractivity contribution in [1.29, 1.82) is 0 Å². The van der Waals surface area contributed by atoms with Crippen LogP contribution in [0.4, 0.5) is 13.2 Å². The lowest BCUT2D eigenvalue weighted by molar-refractivity contribution is -0.137. The zero-order chi connectivity index (χ0) is 20.7. The van der Waals surface area contributed by atoms with Crippen molar-refractivity contribution in [2.75, 3.05) is 7.11 Å². The van der Waals surface area contributed by atoms with Gasteiger partial charge in [-0.05, 0) is 35.4 Å². The zero-order valence-electron chi connectivity index (χ0n) is 15.5. The summed E-state index contributed by atoms with van der Waals surface area (Å²) in [6, 6.07) is 11.0. The molecule has 0 aliphatic heterocycles. The average Bonchev–Trinajstić information content (AvgIpc) is 2.65. The number of ether oxygens (including phenoxy) is 1. The minimum atomic E-state index is -4.40. The van der Waals surface area contributed by atoms with Crippen LogP contribution in [0.5, 0.6) is 5.75 Å². The van der Waals surface area contributed by atoms with Crippen molar-refractivity contribution < 1.29 is 27.5 Å². The standard InChI is InChI=1S/C20H21F3N2O3/c1-13(26)25-18(15-5-9-17(28-2)10-6-15)11-19(27)24-12-14-3-7-16(8-4-14)20(21,22)23/h3-10,18H,11-12H2,1-2H3,(H,24,27)(H,25,26). The summed E-state index contributed by atoms with van der Waals surface area (Å²) in [5.41, 5.74) is 0.537. The Hall–Kier alpha value is -3.03. The lowest BCUT2D eigenvalue weighted by Crippen LogP contribution is -2.32. The van der Waals surface area contributed by atoms with Crippen molar-refractivity contribution >= 4 is 11.8 Å². The summed E-state index contributed by atoms with van der Waals surface area (Å²) >= 11 is 0. The molecule has 5 nitrogen and oxygen atoms in total. The van der Waals surface area contributed by atoms with Gasteiger partial charge in [0, 0.05) is 13.5 Å². The Bertz CT molecular complexity index is 803. The van der Waals surface area contributed by atoms with Crippen molar-refractivity contribution in [2.24, 2.45) is 0 Å². The van der Waals surface area contributed by atoms with Crippen LogP contribution in [0.2, 0.25) is 0 Å². The highest BCUT2D eigenvalue weighted by Gasteiger charge is 2.29. The molecule has 0 heterocycles. The van der Waals surface area contributed by atoms with Crippen molar-refractivity contribution in [3.63, 3.8) is 0 Å². The van der Waals surface area contributed by atoms with E-state index in [2.05, 4.69) is 10.6 Å². The maximum absolute atomic E-state index is 12.6. The number of alkyl halides is 3. The fourth-order valence-corrected chi connectivity index (χ4v) is 2.60. The number of benzene rings is 2. The van der Waals surface area contributed by atoms with Crippen LogP contribution < -0.4 is 15.4 Å². The quantitative estimate of drug-likeness (QED) is 0.754. The molecule has 2 aromatic carbocycles. The van der Waals surface area contributed by atoms with Crippen LogP contribution in [0.1, 0.15) is 36.1 Å². The molecule has 0 aliphatic carbocycles. The van der Waals surface area contributed by atoms with Crippen molar-refractivity contribution in [3.8, 4) is 5.75 Å². The summed E-state index contributed by atoms with van der Waals surface area (Å²) in [5.74, 6) is 0.0305. The lowest BCUT2D eigenvalue weighted by atomic mass is 10.0. The molecule has 8 heteroatoms. The van der Waals surface area contributed by atoms with Crippen LogP contribution >= 0.6 is 0 Å². The van der Waals surface area contributed by atoms with Gasteiger partial charge >= 0.3 is 6.18 Å². The van der Waals surface area contributed by atoms with Gasteiger partial charge in [0.25, 0.3) is 0 Å². The SMILES string of the molecule is COc1ccc(C(CC(=O)NCc2ccc(C(F)(F)F)cc2)NC(C)=O)cc1. The summed E-state index contributed by atoms with van der Waals surface area (Å²) in [6.07, 6.45) is -4.40. The number of methoxy groups -OCH3 is 1. The first-order chi connectivity index (χ1) is 13.2. The molecule has 0 saturated carbocycles. The normalized spacial score (nSPS) is 12.2. The van der Waals surface area contributed by atoms with E-state index in [0.717, 1.165) is 17.7 Å². The number of halogens is 3. The topological polar surface area (TPSA) is 67.4 Å². The summed E-state index contributed by atoms with van der Waals surface area (Å²) in [6.45, 7) is 1.45. The molecule has 0 fully saturated rings. The van der Waals surface area contributed by atoms with Gasteiger partial charge in [-0.1, -0.05) is 24.3 Å². The number of carbonyl (C=O) groups is 2. The van der Waals surface area contributed by atoms with E-state index in [0.29, 0.717) is 11.3 Å². The van der Waals surface area contributed by atoms with Gasteiger partial charge in [0.2, 0.25) is 11.8 Å². The number of rotatable bonds is 7. The maximum Gasteiger partial charge on any atom is 0.416 e. The third-order valence-corrected chi connectivity index (χ3v) is 4.06. The maximum atomic E-state index is 12.6. The van der Waals surface area contributed by atoms with Gasteiger partial charge in [-0.2, -0.15) is 13.2 Å². The van der Waals surface area contributed by atoms with E-state index in [4.69, 9.17) is 4.74 Å². The summed E-state index contributed by atoms with van der Waals surface area (Å²) in [5, 5.41) is 5.38. The molecule has 2 N–H and O–H groups in total. The van der Waals surface area contributed by atoms with Crippen LogP contribution in [0.15, 0.2) is 48.5 Å². The summed E-state index contributed by atoms with van der Waals surface area (Å²) < 4.78 is 42.8. The van der Waals surface area contributed by atoms with Gasteiger partial charge < -0.3 is 15.4 Å². The molecule has 1 atom stereocenters. The summed E-state index contributed by atoms with van der Waals surface area (Å²) in [7, 11) is 1.54. The molecule has 2 amide bonds. The first-order valence-corrected chi connectivity index (χ1v) is 8.53. The largest absolute Gasteiger partial charge is 0.497 e. The van der Waals surface area contributed by atoms with Crippen molar-refractivity contribution in [3.05, 3.63) is 65.2 Å². The van der Waals surface area contributed by atoms with Gasteiger partial charge in [0.1, 0.15) is 5.75 Å². The van der Waals surface area contributed by atoms with Crippen molar-refractivity contribution in [1.82, 2.24) is 10.6 Å². The monoisotopic (exact) mass is 394 g/mol. The Labute approximate surface area is 160 Å². The molecule has 0 spiro atoms. The molecule has 0 aromatic heterocycles. The van der Waals surface area contributed by atoms with Gasteiger partial charge in [-0.3, -0.25) is 9.59 Å². The molecule has 150 valence electrons. The van der Waals surface area contributed by atoms with E-state index < -0.39 is 17.8 Å².